The number of hydrogen-bond donors (Lipinski definition) is 2. The monoisotopic (exact) mass is 566 g/mol. The minimum Gasteiger partial charge on any atom is -0.462 e. The lowest BCUT2D eigenvalue weighted by Gasteiger charge is -2.09. The molecule has 0 saturated carbocycles. The van der Waals surface area contributed by atoms with Gasteiger partial charge >= 0.3 is 11.9 Å². The first-order valence-electron chi connectivity index (χ1n) is 12.7. The molecule has 0 saturated heterocycles. The average Bonchev–Trinajstić information content (AvgIpc) is 2.93. The van der Waals surface area contributed by atoms with Crippen molar-refractivity contribution < 1.29 is 33.4 Å². The molecule has 0 unspecified atom stereocenters. The Kier molecular flexibility index (Phi) is 11.5. The van der Waals surface area contributed by atoms with Crippen LogP contribution in [0.25, 0.3) is 0 Å². The van der Waals surface area contributed by atoms with E-state index in [1.165, 1.54) is 0 Å². The number of rotatable bonds is 13. The van der Waals surface area contributed by atoms with Crippen molar-refractivity contribution >= 4 is 46.7 Å². The van der Waals surface area contributed by atoms with Gasteiger partial charge in [0.25, 0.3) is 5.91 Å². The maximum atomic E-state index is 12.2. The molecule has 0 aromatic heterocycles. The van der Waals surface area contributed by atoms with Crippen molar-refractivity contribution in [2.45, 2.75) is 33.1 Å². The van der Waals surface area contributed by atoms with Gasteiger partial charge in [0, 0.05) is 29.2 Å². The van der Waals surface area contributed by atoms with Crippen LogP contribution in [0.4, 0.5) is 11.4 Å². The predicted molar refractivity (Wildman–Crippen MR) is 152 cm³/mol. The molecule has 2 N–H and O–H groups in total. The van der Waals surface area contributed by atoms with Gasteiger partial charge in [-0.15, -0.1) is 0 Å². The molecule has 3 rings (SSSR count). The summed E-state index contributed by atoms with van der Waals surface area (Å²) in [6.07, 6.45) is 0.358. The second-order valence-electron chi connectivity index (χ2n) is 9.26. The summed E-state index contributed by atoms with van der Waals surface area (Å²) in [7, 11) is 0. The van der Waals surface area contributed by atoms with Crippen LogP contribution in [0, 0.1) is 5.92 Å². The highest BCUT2D eigenvalue weighted by atomic mass is 35.5. The molecule has 0 aliphatic rings. The van der Waals surface area contributed by atoms with E-state index in [0.29, 0.717) is 40.1 Å². The summed E-state index contributed by atoms with van der Waals surface area (Å²) in [4.78, 5) is 48.2. The predicted octanol–water partition coefficient (Wildman–Crippen LogP) is 6.24. The number of halogens is 1. The number of esters is 2. The summed E-state index contributed by atoms with van der Waals surface area (Å²) in [5.74, 6) is -0.333. The van der Waals surface area contributed by atoms with Crippen LogP contribution in [-0.2, 0) is 23.9 Å². The number of nitrogens with one attached hydrogen (secondary N) is 2. The number of carbonyl (C=O) groups is 4. The molecule has 0 fully saturated rings. The van der Waals surface area contributed by atoms with Crippen LogP contribution in [0.2, 0.25) is 5.02 Å². The summed E-state index contributed by atoms with van der Waals surface area (Å²) in [5.41, 5.74) is 1.41. The Morgan fingerprint density at radius 3 is 1.88 bits per heavy atom. The fourth-order valence-electron chi connectivity index (χ4n) is 3.29. The fourth-order valence-corrected chi connectivity index (χ4v) is 3.42. The molecule has 2 amide bonds. The maximum Gasteiger partial charge on any atom is 0.338 e. The van der Waals surface area contributed by atoms with Crippen LogP contribution >= 0.6 is 11.6 Å². The zero-order chi connectivity index (χ0) is 28.9. The number of anilines is 2. The molecule has 0 bridgehead atoms. The molecule has 0 aliphatic heterocycles. The van der Waals surface area contributed by atoms with Crippen molar-refractivity contribution in [1.29, 1.82) is 0 Å². The Hall–Kier alpha value is -4.37. The van der Waals surface area contributed by atoms with Crippen molar-refractivity contribution in [2.75, 3.05) is 23.8 Å². The minimum absolute atomic E-state index is 0.0121. The van der Waals surface area contributed by atoms with E-state index in [4.69, 9.17) is 25.8 Å². The third kappa shape index (κ3) is 10.8. The molecule has 0 heterocycles. The van der Waals surface area contributed by atoms with Gasteiger partial charge in [-0.1, -0.05) is 25.4 Å². The van der Waals surface area contributed by atoms with Gasteiger partial charge in [-0.05, 0) is 85.1 Å². The van der Waals surface area contributed by atoms with Gasteiger partial charge in [-0.25, -0.2) is 4.79 Å². The Labute approximate surface area is 237 Å². The van der Waals surface area contributed by atoms with Gasteiger partial charge in [0.1, 0.15) is 11.5 Å². The van der Waals surface area contributed by atoms with E-state index >= 15 is 0 Å². The first-order valence-corrected chi connectivity index (χ1v) is 13.1. The van der Waals surface area contributed by atoms with Gasteiger partial charge in [0.05, 0.1) is 12.2 Å². The Morgan fingerprint density at radius 1 is 0.725 bits per heavy atom. The number of benzene rings is 3. The lowest BCUT2D eigenvalue weighted by atomic mass is 10.2. The van der Waals surface area contributed by atoms with Crippen molar-refractivity contribution in [3.8, 4) is 11.5 Å². The van der Waals surface area contributed by atoms with Gasteiger partial charge in [-0.3, -0.25) is 14.4 Å². The van der Waals surface area contributed by atoms with E-state index in [9.17, 15) is 19.2 Å². The second kappa shape index (κ2) is 15.3. The molecule has 0 atom stereocenters. The summed E-state index contributed by atoms with van der Waals surface area (Å²) in [6, 6.07) is 20.0. The van der Waals surface area contributed by atoms with Crippen molar-refractivity contribution in [2.24, 2.45) is 5.92 Å². The summed E-state index contributed by atoms with van der Waals surface area (Å²) < 4.78 is 15.9. The zero-order valence-corrected chi connectivity index (χ0v) is 23.0. The Bertz CT molecular complexity index is 1290. The van der Waals surface area contributed by atoms with E-state index in [-0.39, 0.29) is 31.1 Å². The summed E-state index contributed by atoms with van der Waals surface area (Å²) in [6.45, 7) is 3.74. The van der Waals surface area contributed by atoms with Gasteiger partial charge < -0.3 is 24.8 Å². The van der Waals surface area contributed by atoms with Crippen LogP contribution in [0.3, 0.4) is 0 Å². The maximum absolute atomic E-state index is 12.2. The summed E-state index contributed by atoms with van der Waals surface area (Å²) >= 11 is 5.87. The molecule has 210 valence electrons. The molecule has 0 spiro atoms. The average molecular weight is 567 g/mol. The molecule has 40 heavy (non-hydrogen) atoms. The molecule has 3 aromatic carbocycles. The normalized spacial score (nSPS) is 10.5. The highest BCUT2D eigenvalue weighted by Crippen LogP contribution is 2.24. The van der Waals surface area contributed by atoms with Crippen LogP contribution in [0.1, 0.15) is 43.5 Å². The van der Waals surface area contributed by atoms with Crippen molar-refractivity contribution in [3.05, 3.63) is 83.4 Å². The fraction of sp³-hybridized carbons (Fsp3) is 0.267. The van der Waals surface area contributed by atoms with E-state index < -0.39 is 24.5 Å². The Morgan fingerprint density at radius 2 is 1.27 bits per heavy atom. The number of carbonyl (C=O) groups excluding carboxylic acids is 4. The van der Waals surface area contributed by atoms with E-state index in [1.807, 2.05) is 13.8 Å². The molecular formula is C30H31ClN2O7. The molecule has 0 radical (unpaired) electrons. The van der Waals surface area contributed by atoms with Gasteiger partial charge in [-0.2, -0.15) is 0 Å². The summed E-state index contributed by atoms with van der Waals surface area (Å²) in [5, 5.41) is 5.96. The van der Waals surface area contributed by atoms with Crippen LogP contribution in [0.15, 0.2) is 72.8 Å². The smallest absolute Gasteiger partial charge is 0.338 e. The van der Waals surface area contributed by atoms with Gasteiger partial charge in [0.2, 0.25) is 5.91 Å². The van der Waals surface area contributed by atoms with Crippen molar-refractivity contribution in [3.63, 3.8) is 0 Å². The zero-order valence-electron chi connectivity index (χ0n) is 22.3. The standard InChI is InChI=1S/C30H31ClN2O7/c1-20(2)18-39-30(37)21-6-10-23(11-7-21)33-28(35)19-38-29(36)5-3-4-27(34)32-24-12-16-26(17-13-24)40-25-14-8-22(31)9-15-25/h6-17,20H,3-5,18-19H2,1-2H3,(H,32,34)(H,33,35). The highest BCUT2D eigenvalue weighted by Gasteiger charge is 2.12. The van der Waals surface area contributed by atoms with E-state index in [2.05, 4.69) is 10.6 Å². The molecular weight excluding hydrogens is 536 g/mol. The topological polar surface area (TPSA) is 120 Å². The third-order valence-electron chi connectivity index (χ3n) is 5.29. The number of hydrogen-bond acceptors (Lipinski definition) is 7. The molecule has 9 nitrogen and oxygen atoms in total. The van der Waals surface area contributed by atoms with Crippen molar-refractivity contribution in [1.82, 2.24) is 0 Å². The number of ether oxygens (including phenoxy) is 3. The molecule has 10 heteroatoms. The van der Waals surface area contributed by atoms with Gasteiger partial charge in [0.15, 0.2) is 6.61 Å². The molecule has 3 aromatic rings. The first-order chi connectivity index (χ1) is 19.2. The van der Waals surface area contributed by atoms with Crippen LogP contribution in [-0.4, -0.2) is 37.0 Å². The van der Waals surface area contributed by atoms with Crippen LogP contribution < -0.4 is 15.4 Å². The van der Waals surface area contributed by atoms with E-state index in [0.717, 1.165) is 0 Å². The SMILES string of the molecule is CC(C)COC(=O)c1ccc(NC(=O)COC(=O)CCCC(=O)Nc2ccc(Oc3ccc(Cl)cc3)cc2)cc1. The van der Waals surface area contributed by atoms with E-state index in [1.54, 1.807) is 72.8 Å². The van der Waals surface area contributed by atoms with Crippen LogP contribution in [0.5, 0.6) is 11.5 Å². The second-order valence-corrected chi connectivity index (χ2v) is 9.70. The largest absolute Gasteiger partial charge is 0.462 e. The highest BCUT2D eigenvalue weighted by molar-refractivity contribution is 6.30. The lowest BCUT2D eigenvalue weighted by molar-refractivity contribution is -0.147. The first kappa shape index (κ1) is 30.2. The third-order valence-corrected chi connectivity index (χ3v) is 5.54. The quantitative estimate of drug-likeness (QED) is 0.235. The Balaban J connectivity index is 1.30. The minimum atomic E-state index is -0.588. The number of amides is 2. The lowest BCUT2D eigenvalue weighted by Crippen LogP contribution is -2.21. The molecule has 0 aliphatic carbocycles.